The Kier molecular flexibility index (Phi) is 4.73. The van der Waals surface area contributed by atoms with Gasteiger partial charge in [-0.1, -0.05) is 30.3 Å². The van der Waals surface area contributed by atoms with Gasteiger partial charge in [-0.3, -0.25) is 4.79 Å². The molecular weight excluding hydrogens is 228 g/mol. The van der Waals surface area contributed by atoms with Crippen molar-refractivity contribution in [3.63, 3.8) is 0 Å². The van der Waals surface area contributed by atoms with Gasteiger partial charge in [-0.05, 0) is 24.6 Å². The van der Waals surface area contributed by atoms with Crippen molar-refractivity contribution in [3.05, 3.63) is 35.9 Å². The Balaban J connectivity index is 1.64. The molecule has 3 N–H and O–H groups in total. The fourth-order valence-electron chi connectivity index (χ4n) is 2.02. The number of hydrogen-bond acceptors (Lipinski definition) is 3. The van der Waals surface area contributed by atoms with E-state index in [0.29, 0.717) is 25.3 Å². The molecular formula is C14H20N2O2. The van der Waals surface area contributed by atoms with Crippen molar-refractivity contribution < 1.29 is 9.90 Å². The third-order valence-corrected chi connectivity index (χ3v) is 3.19. The smallest absolute Gasteiger partial charge is 0.220 e. The van der Waals surface area contributed by atoms with E-state index in [-0.39, 0.29) is 5.91 Å². The first kappa shape index (κ1) is 13.1. The van der Waals surface area contributed by atoms with Gasteiger partial charge in [0, 0.05) is 19.4 Å². The molecule has 4 nitrogen and oxygen atoms in total. The average Bonchev–Trinajstić information content (AvgIpc) is 2.33. The second-order valence-electron chi connectivity index (χ2n) is 4.88. The summed E-state index contributed by atoms with van der Waals surface area (Å²) >= 11 is 0. The predicted molar refractivity (Wildman–Crippen MR) is 70.1 cm³/mol. The van der Waals surface area contributed by atoms with Crippen LogP contribution < -0.4 is 10.6 Å². The van der Waals surface area contributed by atoms with E-state index in [2.05, 4.69) is 10.6 Å². The molecule has 0 radical (unpaired) electrons. The summed E-state index contributed by atoms with van der Waals surface area (Å²) in [5.74, 6) is 0.505. The van der Waals surface area contributed by atoms with Crippen molar-refractivity contribution in [1.29, 1.82) is 0 Å². The van der Waals surface area contributed by atoms with Crippen LogP contribution in [0.15, 0.2) is 30.3 Å². The average molecular weight is 248 g/mol. The van der Waals surface area contributed by atoms with Crippen LogP contribution in [0.2, 0.25) is 0 Å². The minimum Gasteiger partial charge on any atom is -0.391 e. The molecule has 2 rings (SSSR count). The van der Waals surface area contributed by atoms with Crippen molar-refractivity contribution in [3.8, 4) is 0 Å². The molecule has 0 aliphatic carbocycles. The van der Waals surface area contributed by atoms with E-state index in [1.54, 1.807) is 0 Å². The molecule has 0 saturated carbocycles. The number of carbonyl (C=O) groups is 1. The van der Waals surface area contributed by atoms with E-state index in [9.17, 15) is 9.90 Å². The van der Waals surface area contributed by atoms with E-state index in [1.165, 1.54) is 0 Å². The lowest BCUT2D eigenvalue weighted by Crippen LogP contribution is -2.45. The molecule has 18 heavy (non-hydrogen) atoms. The quantitative estimate of drug-likeness (QED) is 0.679. The molecule has 0 bridgehead atoms. The Morgan fingerprint density at radius 2 is 2.11 bits per heavy atom. The Hall–Kier alpha value is -1.39. The van der Waals surface area contributed by atoms with Gasteiger partial charge in [0.1, 0.15) is 0 Å². The van der Waals surface area contributed by atoms with E-state index in [0.717, 1.165) is 18.7 Å². The minimum absolute atomic E-state index is 0.0358. The van der Waals surface area contributed by atoms with E-state index < -0.39 is 6.10 Å². The highest BCUT2D eigenvalue weighted by Gasteiger charge is 2.20. The fourth-order valence-corrected chi connectivity index (χ4v) is 2.02. The fraction of sp³-hybridized carbons (Fsp3) is 0.500. The van der Waals surface area contributed by atoms with Gasteiger partial charge in [0.05, 0.1) is 6.10 Å². The van der Waals surface area contributed by atoms with Gasteiger partial charge in [-0.25, -0.2) is 0 Å². The summed E-state index contributed by atoms with van der Waals surface area (Å²) in [5.41, 5.74) is 1.09. The molecule has 1 aliphatic rings. The molecule has 0 spiro atoms. The van der Waals surface area contributed by atoms with Gasteiger partial charge in [0.15, 0.2) is 0 Å². The molecule has 1 amide bonds. The zero-order valence-corrected chi connectivity index (χ0v) is 10.4. The van der Waals surface area contributed by atoms with Gasteiger partial charge < -0.3 is 15.7 Å². The molecule has 0 aromatic heterocycles. The third kappa shape index (κ3) is 4.13. The van der Waals surface area contributed by atoms with Crippen molar-refractivity contribution in [2.24, 2.45) is 5.92 Å². The summed E-state index contributed by atoms with van der Waals surface area (Å²) in [7, 11) is 0. The summed E-state index contributed by atoms with van der Waals surface area (Å²) in [6.45, 7) is 2.19. The Morgan fingerprint density at radius 1 is 1.39 bits per heavy atom. The summed E-state index contributed by atoms with van der Waals surface area (Å²) in [5, 5.41) is 15.7. The number of hydrogen-bond donors (Lipinski definition) is 3. The summed E-state index contributed by atoms with van der Waals surface area (Å²) in [4.78, 5) is 11.6. The molecule has 1 heterocycles. The van der Waals surface area contributed by atoms with Crippen LogP contribution >= 0.6 is 0 Å². The maximum Gasteiger partial charge on any atom is 0.220 e. The third-order valence-electron chi connectivity index (χ3n) is 3.19. The monoisotopic (exact) mass is 248 g/mol. The largest absolute Gasteiger partial charge is 0.391 e. The summed E-state index contributed by atoms with van der Waals surface area (Å²) < 4.78 is 0. The highest BCUT2D eigenvalue weighted by Crippen LogP contribution is 2.07. The topological polar surface area (TPSA) is 61.4 Å². The summed E-state index contributed by atoms with van der Waals surface area (Å²) in [6, 6.07) is 9.80. The molecule has 1 atom stereocenters. The highest BCUT2D eigenvalue weighted by atomic mass is 16.3. The lowest BCUT2D eigenvalue weighted by atomic mass is 9.99. The number of carbonyl (C=O) groups excluding carboxylic acids is 1. The van der Waals surface area contributed by atoms with Crippen LogP contribution in [0.3, 0.4) is 0 Å². The maximum atomic E-state index is 11.6. The Bertz CT molecular complexity index is 377. The van der Waals surface area contributed by atoms with Crippen LogP contribution in [0, 0.1) is 5.92 Å². The first-order valence-corrected chi connectivity index (χ1v) is 6.43. The van der Waals surface area contributed by atoms with Gasteiger partial charge in [0.2, 0.25) is 5.91 Å². The lowest BCUT2D eigenvalue weighted by Gasteiger charge is -2.26. The number of amides is 1. The number of aliphatic hydroxyl groups excluding tert-OH is 1. The molecule has 1 fully saturated rings. The van der Waals surface area contributed by atoms with Gasteiger partial charge in [0.25, 0.3) is 0 Å². The zero-order chi connectivity index (χ0) is 12.8. The van der Waals surface area contributed by atoms with Gasteiger partial charge in [-0.15, -0.1) is 0 Å². The first-order chi connectivity index (χ1) is 8.74. The zero-order valence-electron chi connectivity index (χ0n) is 10.4. The van der Waals surface area contributed by atoms with Gasteiger partial charge >= 0.3 is 0 Å². The van der Waals surface area contributed by atoms with E-state index in [4.69, 9.17) is 0 Å². The normalized spacial score (nSPS) is 16.9. The molecule has 1 unspecified atom stereocenters. The van der Waals surface area contributed by atoms with Crippen LogP contribution in [-0.4, -0.2) is 36.8 Å². The standard InChI is InChI=1S/C14H20N2O2/c17-13(6-11-4-2-1-3-5-11)10-16-14(18)7-12-8-15-9-12/h1-5,12-13,15,17H,6-10H2,(H,16,18). The molecule has 1 aromatic carbocycles. The molecule has 1 aliphatic heterocycles. The Labute approximate surface area is 107 Å². The number of aliphatic hydroxyl groups is 1. The first-order valence-electron chi connectivity index (χ1n) is 6.43. The van der Waals surface area contributed by atoms with E-state index >= 15 is 0 Å². The molecule has 1 saturated heterocycles. The van der Waals surface area contributed by atoms with Crippen LogP contribution in [0.1, 0.15) is 12.0 Å². The second-order valence-corrected chi connectivity index (χ2v) is 4.88. The van der Waals surface area contributed by atoms with Crippen molar-refractivity contribution >= 4 is 5.91 Å². The number of nitrogens with one attached hydrogen (secondary N) is 2. The number of rotatable bonds is 6. The molecule has 1 aromatic rings. The van der Waals surface area contributed by atoms with Crippen LogP contribution in [0.25, 0.3) is 0 Å². The SMILES string of the molecule is O=C(CC1CNC1)NCC(O)Cc1ccccc1. The van der Waals surface area contributed by atoms with Gasteiger partial charge in [-0.2, -0.15) is 0 Å². The minimum atomic E-state index is -0.518. The lowest BCUT2D eigenvalue weighted by molar-refractivity contribution is -0.122. The highest BCUT2D eigenvalue weighted by molar-refractivity contribution is 5.76. The summed E-state index contributed by atoms with van der Waals surface area (Å²) in [6.07, 6.45) is 0.618. The van der Waals surface area contributed by atoms with Crippen LogP contribution in [-0.2, 0) is 11.2 Å². The molecule has 98 valence electrons. The molecule has 4 heteroatoms. The predicted octanol–water partition coefficient (Wildman–Crippen LogP) is 0.316. The van der Waals surface area contributed by atoms with E-state index in [1.807, 2.05) is 30.3 Å². The Morgan fingerprint density at radius 3 is 2.72 bits per heavy atom. The van der Waals surface area contributed by atoms with Crippen molar-refractivity contribution in [2.45, 2.75) is 18.9 Å². The van der Waals surface area contributed by atoms with Crippen molar-refractivity contribution in [1.82, 2.24) is 10.6 Å². The second kappa shape index (κ2) is 6.52. The van der Waals surface area contributed by atoms with Crippen LogP contribution in [0.5, 0.6) is 0 Å². The maximum absolute atomic E-state index is 11.6. The van der Waals surface area contributed by atoms with Crippen LogP contribution in [0.4, 0.5) is 0 Å². The van der Waals surface area contributed by atoms with Crippen molar-refractivity contribution in [2.75, 3.05) is 19.6 Å². The number of benzene rings is 1.